The zero-order valence-electron chi connectivity index (χ0n) is 9.17. The SMILES string of the molecule is CC(C)C(C)C1CN(C(C)C)C1. The van der Waals surface area contributed by atoms with Crippen LogP contribution in [0.15, 0.2) is 0 Å². The molecular weight excluding hydrogens is 146 g/mol. The van der Waals surface area contributed by atoms with Crippen LogP contribution in [0.1, 0.15) is 34.6 Å². The molecule has 1 aliphatic heterocycles. The largest absolute Gasteiger partial charge is 0.300 e. The van der Waals surface area contributed by atoms with Gasteiger partial charge < -0.3 is 4.90 Å². The van der Waals surface area contributed by atoms with Crippen molar-refractivity contribution in [3.8, 4) is 0 Å². The minimum Gasteiger partial charge on any atom is -0.300 e. The van der Waals surface area contributed by atoms with Gasteiger partial charge in [-0.3, -0.25) is 0 Å². The van der Waals surface area contributed by atoms with Gasteiger partial charge in [0, 0.05) is 19.1 Å². The van der Waals surface area contributed by atoms with Gasteiger partial charge in [-0.2, -0.15) is 0 Å². The highest BCUT2D eigenvalue weighted by Crippen LogP contribution is 2.29. The van der Waals surface area contributed by atoms with E-state index in [1.54, 1.807) is 0 Å². The van der Waals surface area contributed by atoms with Gasteiger partial charge in [-0.1, -0.05) is 20.8 Å². The molecule has 0 N–H and O–H groups in total. The lowest BCUT2D eigenvalue weighted by atomic mass is 9.80. The Hall–Kier alpha value is -0.0400. The third-order valence-electron chi connectivity index (χ3n) is 3.46. The third-order valence-corrected chi connectivity index (χ3v) is 3.46. The molecule has 0 bridgehead atoms. The normalized spacial score (nSPS) is 23.2. The number of hydrogen-bond acceptors (Lipinski definition) is 1. The highest BCUT2D eigenvalue weighted by molar-refractivity contribution is 4.85. The van der Waals surface area contributed by atoms with E-state index in [-0.39, 0.29) is 0 Å². The predicted octanol–water partition coefficient (Wildman–Crippen LogP) is 2.62. The van der Waals surface area contributed by atoms with Gasteiger partial charge in [-0.05, 0) is 31.6 Å². The smallest absolute Gasteiger partial charge is 0.00388 e. The molecule has 1 unspecified atom stereocenters. The molecule has 1 rings (SSSR count). The first-order valence-corrected chi connectivity index (χ1v) is 5.26. The van der Waals surface area contributed by atoms with Crippen molar-refractivity contribution in [3.05, 3.63) is 0 Å². The Kier molecular flexibility index (Phi) is 3.16. The van der Waals surface area contributed by atoms with Crippen LogP contribution in [0.5, 0.6) is 0 Å². The summed E-state index contributed by atoms with van der Waals surface area (Å²) in [5.74, 6) is 2.72. The molecule has 0 amide bonds. The van der Waals surface area contributed by atoms with Crippen molar-refractivity contribution in [3.63, 3.8) is 0 Å². The maximum absolute atomic E-state index is 2.56. The molecule has 0 spiro atoms. The summed E-state index contributed by atoms with van der Waals surface area (Å²) in [5, 5.41) is 0. The summed E-state index contributed by atoms with van der Waals surface area (Å²) in [6.07, 6.45) is 0. The van der Waals surface area contributed by atoms with E-state index in [1.165, 1.54) is 13.1 Å². The van der Waals surface area contributed by atoms with E-state index in [0.717, 1.165) is 23.8 Å². The molecule has 1 heterocycles. The highest BCUT2D eigenvalue weighted by atomic mass is 15.2. The lowest BCUT2D eigenvalue weighted by molar-refractivity contribution is 0.0229. The minimum atomic E-state index is 0.751. The average molecular weight is 169 g/mol. The number of likely N-dealkylation sites (tertiary alicyclic amines) is 1. The Bertz CT molecular complexity index is 134. The summed E-state index contributed by atoms with van der Waals surface area (Å²) in [6.45, 7) is 14.3. The Balaban J connectivity index is 2.25. The van der Waals surface area contributed by atoms with Crippen molar-refractivity contribution in [2.45, 2.75) is 40.7 Å². The van der Waals surface area contributed by atoms with Crippen molar-refractivity contribution in [1.29, 1.82) is 0 Å². The molecule has 0 aromatic heterocycles. The maximum Gasteiger partial charge on any atom is 0.00388 e. The monoisotopic (exact) mass is 169 g/mol. The van der Waals surface area contributed by atoms with Crippen molar-refractivity contribution < 1.29 is 0 Å². The van der Waals surface area contributed by atoms with Gasteiger partial charge in [0.05, 0.1) is 0 Å². The molecule has 1 saturated heterocycles. The minimum absolute atomic E-state index is 0.751. The lowest BCUT2D eigenvalue weighted by Crippen LogP contribution is -2.53. The zero-order valence-corrected chi connectivity index (χ0v) is 9.17. The molecule has 0 saturated carbocycles. The van der Waals surface area contributed by atoms with Crippen LogP contribution in [0.3, 0.4) is 0 Å². The summed E-state index contributed by atoms with van der Waals surface area (Å²) in [5.41, 5.74) is 0. The first-order chi connectivity index (χ1) is 5.52. The van der Waals surface area contributed by atoms with Crippen LogP contribution in [0.4, 0.5) is 0 Å². The van der Waals surface area contributed by atoms with Crippen LogP contribution >= 0.6 is 0 Å². The molecule has 0 aliphatic carbocycles. The van der Waals surface area contributed by atoms with E-state index >= 15 is 0 Å². The summed E-state index contributed by atoms with van der Waals surface area (Å²) >= 11 is 0. The molecule has 0 aromatic rings. The molecule has 1 heteroatoms. The van der Waals surface area contributed by atoms with E-state index in [0.29, 0.717) is 0 Å². The molecule has 1 nitrogen and oxygen atoms in total. The first-order valence-electron chi connectivity index (χ1n) is 5.26. The fourth-order valence-electron chi connectivity index (χ4n) is 1.85. The summed E-state index contributed by atoms with van der Waals surface area (Å²) in [7, 11) is 0. The van der Waals surface area contributed by atoms with E-state index < -0.39 is 0 Å². The van der Waals surface area contributed by atoms with E-state index in [1.807, 2.05) is 0 Å². The average Bonchev–Trinajstić information content (AvgIpc) is 1.82. The molecule has 12 heavy (non-hydrogen) atoms. The van der Waals surface area contributed by atoms with Gasteiger partial charge >= 0.3 is 0 Å². The van der Waals surface area contributed by atoms with Crippen molar-refractivity contribution in [2.75, 3.05) is 13.1 Å². The van der Waals surface area contributed by atoms with Crippen molar-refractivity contribution >= 4 is 0 Å². The second kappa shape index (κ2) is 3.78. The summed E-state index contributed by atoms with van der Waals surface area (Å²) < 4.78 is 0. The van der Waals surface area contributed by atoms with Gasteiger partial charge in [-0.25, -0.2) is 0 Å². The van der Waals surface area contributed by atoms with Crippen LogP contribution in [-0.2, 0) is 0 Å². The van der Waals surface area contributed by atoms with E-state index in [4.69, 9.17) is 0 Å². The Morgan fingerprint density at radius 2 is 1.50 bits per heavy atom. The van der Waals surface area contributed by atoms with Gasteiger partial charge in [0.1, 0.15) is 0 Å². The van der Waals surface area contributed by atoms with E-state index in [2.05, 4.69) is 39.5 Å². The van der Waals surface area contributed by atoms with Gasteiger partial charge in [0.15, 0.2) is 0 Å². The van der Waals surface area contributed by atoms with Gasteiger partial charge in [-0.15, -0.1) is 0 Å². The first kappa shape index (κ1) is 10.0. The Morgan fingerprint density at radius 3 is 1.83 bits per heavy atom. The number of nitrogens with zero attached hydrogens (tertiary/aromatic N) is 1. The number of hydrogen-bond donors (Lipinski definition) is 0. The standard InChI is InChI=1S/C11H23N/c1-8(2)10(5)11-6-12(7-11)9(3)4/h8-11H,6-7H2,1-5H3. The fraction of sp³-hybridized carbons (Fsp3) is 1.00. The van der Waals surface area contributed by atoms with Crippen LogP contribution in [0.25, 0.3) is 0 Å². The molecule has 1 aliphatic rings. The van der Waals surface area contributed by atoms with E-state index in [9.17, 15) is 0 Å². The van der Waals surface area contributed by atoms with Crippen LogP contribution in [-0.4, -0.2) is 24.0 Å². The Labute approximate surface area is 77.1 Å². The second-order valence-electron chi connectivity index (χ2n) is 4.91. The van der Waals surface area contributed by atoms with Gasteiger partial charge in [0.2, 0.25) is 0 Å². The predicted molar refractivity (Wildman–Crippen MR) is 54.2 cm³/mol. The van der Waals surface area contributed by atoms with Crippen LogP contribution < -0.4 is 0 Å². The second-order valence-corrected chi connectivity index (χ2v) is 4.91. The van der Waals surface area contributed by atoms with Crippen molar-refractivity contribution in [1.82, 2.24) is 4.90 Å². The fourth-order valence-corrected chi connectivity index (χ4v) is 1.85. The summed E-state index contributed by atoms with van der Waals surface area (Å²) in [4.78, 5) is 2.56. The topological polar surface area (TPSA) is 3.24 Å². The third kappa shape index (κ3) is 2.01. The van der Waals surface area contributed by atoms with Crippen LogP contribution in [0.2, 0.25) is 0 Å². The Morgan fingerprint density at radius 1 is 1.00 bits per heavy atom. The molecular formula is C11H23N. The lowest BCUT2D eigenvalue weighted by Gasteiger charge is -2.46. The number of rotatable bonds is 3. The maximum atomic E-state index is 2.56. The highest BCUT2D eigenvalue weighted by Gasteiger charge is 2.33. The molecule has 0 radical (unpaired) electrons. The molecule has 1 fully saturated rings. The molecule has 0 aromatic carbocycles. The zero-order chi connectivity index (χ0) is 9.30. The quantitative estimate of drug-likeness (QED) is 0.628. The molecule has 1 atom stereocenters. The van der Waals surface area contributed by atoms with Gasteiger partial charge in [0.25, 0.3) is 0 Å². The molecule has 72 valence electrons. The van der Waals surface area contributed by atoms with Crippen molar-refractivity contribution in [2.24, 2.45) is 17.8 Å². The van der Waals surface area contributed by atoms with Crippen LogP contribution in [0, 0.1) is 17.8 Å². The summed E-state index contributed by atoms with van der Waals surface area (Å²) in [6, 6.07) is 0.751.